The van der Waals surface area contributed by atoms with Gasteiger partial charge in [0.1, 0.15) is 5.56 Å². The van der Waals surface area contributed by atoms with Crippen molar-refractivity contribution in [3.8, 4) is 0 Å². The average Bonchev–Trinajstić information content (AvgIpc) is 2.58. The predicted molar refractivity (Wildman–Crippen MR) is 104 cm³/mol. The highest BCUT2D eigenvalue weighted by Crippen LogP contribution is 2.31. The van der Waals surface area contributed by atoms with Crippen LogP contribution in [0.15, 0.2) is 36.5 Å². The van der Waals surface area contributed by atoms with E-state index in [-0.39, 0.29) is 6.10 Å². The SMILES string of the molecule is Cc1ccc2c(Nc3cccc(C)c3C)c(C(=O)OC(C)C)cnc2n1. The topological polar surface area (TPSA) is 64.1 Å². The van der Waals surface area contributed by atoms with Gasteiger partial charge in [-0.1, -0.05) is 12.1 Å². The molecule has 0 bridgehead atoms. The Morgan fingerprint density at radius 3 is 2.62 bits per heavy atom. The molecule has 0 aliphatic rings. The van der Waals surface area contributed by atoms with Crippen LogP contribution in [0, 0.1) is 20.8 Å². The number of ether oxygens (including phenoxy) is 1. The molecule has 5 nitrogen and oxygen atoms in total. The lowest BCUT2D eigenvalue weighted by Gasteiger charge is -2.17. The molecule has 0 fully saturated rings. The fourth-order valence-corrected chi connectivity index (χ4v) is 2.76. The minimum Gasteiger partial charge on any atom is -0.459 e. The Morgan fingerprint density at radius 2 is 1.88 bits per heavy atom. The molecule has 3 rings (SSSR count). The summed E-state index contributed by atoms with van der Waals surface area (Å²) in [4.78, 5) is 21.4. The van der Waals surface area contributed by atoms with Gasteiger partial charge >= 0.3 is 5.97 Å². The van der Waals surface area contributed by atoms with Crippen molar-refractivity contribution >= 4 is 28.4 Å². The van der Waals surface area contributed by atoms with Gasteiger partial charge in [-0.3, -0.25) is 0 Å². The molecule has 0 atom stereocenters. The molecule has 0 saturated heterocycles. The Hall–Kier alpha value is -2.95. The molecule has 0 aliphatic heterocycles. The van der Waals surface area contributed by atoms with E-state index in [1.807, 2.05) is 45.0 Å². The Kier molecular flexibility index (Phi) is 4.89. The summed E-state index contributed by atoms with van der Waals surface area (Å²) >= 11 is 0. The molecular weight excluding hydrogens is 326 g/mol. The number of nitrogens with one attached hydrogen (secondary N) is 1. The van der Waals surface area contributed by atoms with Crippen LogP contribution in [-0.2, 0) is 4.74 Å². The Labute approximate surface area is 153 Å². The van der Waals surface area contributed by atoms with Gasteiger partial charge in [-0.15, -0.1) is 0 Å². The number of hydrogen-bond donors (Lipinski definition) is 1. The van der Waals surface area contributed by atoms with Gasteiger partial charge in [0.15, 0.2) is 5.65 Å². The van der Waals surface area contributed by atoms with E-state index in [1.165, 1.54) is 11.8 Å². The normalized spacial score (nSPS) is 11.0. The molecule has 26 heavy (non-hydrogen) atoms. The van der Waals surface area contributed by atoms with Gasteiger partial charge in [-0.25, -0.2) is 14.8 Å². The maximum Gasteiger partial charge on any atom is 0.342 e. The Balaban J connectivity index is 2.18. The summed E-state index contributed by atoms with van der Waals surface area (Å²) in [5, 5.41) is 4.20. The number of carbonyl (C=O) groups is 1. The molecule has 5 heteroatoms. The zero-order valence-electron chi connectivity index (χ0n) is 15.8. The minimum atomic E-state index is -0.400. The van der Waals surface area contributed by atoms with Gasteiger partial charge in [0.2, 0.25) is 0 Å². The quantitative estimate of drug-likeness (QED) is 0.681. The third-order valence-corrected chi connectivity index (χ3v) is 4.30. The van der Waals surface area contributed by atoms with Crippen molar-refractivity contribution in [1.82, 2.24) is 9.97 Å². The first-order chi connectivity index (χ1) is 12.4. The number of nitrogens with zero attached hydrogens (tertiary/aromatic N) is 2. The van der Waals surface area contributed by atoms with Crippen LogP contribution in [0.25, 0.3) is 11.0 Å². The molecule has 0 amide bonds. The molecule has 1 N–H and O–H groups in total. The van der Waals surface area contributed by atoms with Crippen molar-refractivity contribution < 1.29 is 9.53 Å². The zero-order chi connectivity index (χ0) is 18.8. The van der Waals surface area contributed by atoms with Gasteiger partial charge in [0, 0.05) is 23.0 Å². The summed E-state index contributed by atoms with van der Waals surface area (Å²) in [5.74, 6) is -0.400. The van der Waals surface area contributed by atoms with Crippen molar-refractivity contribution in [3.63, 3.8) is 0 Å². The van der Waals surface area contributed by atoms with Crippen LogP contribution in [0.1, 0.15) is 41.0 Å². The lowest BCUT2D eigenvalue weighted by atomic mass is 10.1. The fraction of sp³-hybridized carbons (Fsp3) is 0.286. The summed E-state index contributed by atoms with van der Waals surface area (Å²) in [6.07, 6.45) is 1.33. The molecule has 1 aromatic carbocycles. The lowest BCUT2D eigenvalue weighted by Crippen LogP contribution is -2.14. The van der Waals surface area contributed by atoms with E-state index < -0.39 is 5.97 Å². The first-order valence-electron chi connectivity index (χ1n) is 8.67. The number of fused-ring (bicyclic) bond motifs is 1. The van der Waals surface area contributed by atoms with E-state index in [2.05, 4.69) is 35.2 Å². The number of rotatable bonds is 4. The number of anilines is 2. The summed E-state index contributed by atoms with van der Waals surface area (Å²) in [6.45, 7) is 9.68. The molecule has 0 spiro atoms. The smallest absolute Gasteiger partial charge is 0.342 e. The van der Waals surface area contributed by atoms with Crippen LogP contribution >= 0.6 is 0 Å². The third kappa shape index (κ3) is 3.52. The Morgan fingerprint density at radius 1 is 1.12 bits per heavy atom. The van der Waals surface area contributed by atoms with Crippen LogP contribution in [0.4, 0.5) is 11.4 Å². The van der Waals surface area contributed by atoms with E-state index in [9.17, 15) is 4.79 Å². The molecule has 3 aromatic rings. The third-order valence-electron chi connectivity index (χ3n) is 4.30. The van der Waals surface area contributed by atoms with Crippen molar-refractivity contribution in [2.24, 2.45) is 0 Å². The number of pyridine rings is 2. The van der Waals surface area contributed by atoms with Gasteiger partial charge in [-0.2, -0.15) is 0 Å². The van der Waals surface area contributed by atoms with Crippen molar-refractivity contribution in [2.45, 2.75) is 40.7 Å². The number of aromatic nitrogens is 2. The molecule has 2 heterocycles. The van der Waals surface area contributed by atoms with Crippen LogP contribution in [0.2, 0.25) is 0 Å². The molecule has 0 saturated carbocycles. The molecule has 2 aromatic heterocycles. The molecular formula is C21H23N3O2. The van der Waals surface area contributed by atoms with Crippen LogP contribution in [0.3, 0.4) is 0 Å². The highest BCUT2D eigenvalue weighted by atomic mass is 16.5. The highest BCUT2D eigenvalue weighted by Gasteiger charge is 2.19. The largest absolute Gasteiger partial charge is 0.459 e. The van der Waals surface area contributed by atoms with Crippen LogP contribution in [-0.4, -0.2) is 22.0 Å². The van der Waals surface area contributed by atoms with Crippen LogP contribution in [0.5, 0.6) is 0 Å². The first kappa shape index (κ1) is 17.9. The van der Waals surface area contributed by atoms with E-state index in [4.69, 9.17) is 4.74 Å². The number of hydrogen-bond acceptors (Lipinski definition) is 5. The van der Waals surface area contributed by atoms with E-state index in [1.54, 1.807) is 0 Å². The monoisotopic (exact) mass is 349 g/mol. The average molecular weight is 349 g/mol. The van der Waals surface area contributed by atoms with E-state index >= 15 is 0 Å². The van der Waals surface area contributed by atoms with Crippen molar-refractivity contribution in [2.75, 3.05) is 5.32 Å². The number of aryl methyl sites for hydroxylation is 2. The number of carbonyl (C=O) groups excluding carboxylic acids is 1. The van der Waals surface area contributed by atoms with Gasteiger partial charge in [-0.05, 0) is 63.9 Å². The van der Waals surface area contributed by atoms with Crippen LogP contribution < -0.4 is 5.32 Å². The summed E-state index contributed by atoms with van der Waals surface area (Å²) in [5.41, 5.74) is 5.78. The zero-order valence-corrected chi connectivity index (χ0v) is 15.8. The highest BCUT2D eigenvalue weighted by molar-refractivity contribution is 6.05. The lowest BCUT2D eigenvalue weighted by molar-refractivity contribution is 0.0379. The standard InChI is InChI=1S/C21H23N3O2/c1-12(2)26-21(25)17-11-22-20-16(10-9-14(4)23-20)19(17)24-18-8-6-7-13(3)15(18)5/h6-12H,1-5H3,(H,22,23,24). The fourth-order valence-electron chi connectivity index (χ4n) is 2.76. The summed E-state index contributed by atoms with van der Waals surface area (Å²) < 4.78 is 5.40. The van der Waals surface area contributed by atoms with Gasteiger partial charge < -0.3 is 10.1 Å². The van der Waals surface area contributed by atoms with Gasteiger partial charge in [0.25, 0.3) is 0 Å². The van der Waals surface area contributed by atoms with Gasteiger partial charge in [0.05, 0.1) is 11.8 Å². The minimum absolute atomic E-state index is 0.206. The molecule has 0 radical (unpaired) electrons. The summed E-state index contributed by atoms with van der Waals surface area (Å²) in [6, 6.07) is 9.89. The number of esters is 1. The number of benzene rings is 1. The molecule has 0 unspecified atom stereocenters. The second-order valence-corrected chi connectivity index (χ2v) is 6.70. The second kappa shape index (κ2) is 7.12. The second-order valence-electron chi connectivity index (χ2n) is 6.70. The predicted octanol–water partition coefficient (Wildman–Crippen LogP) is 4.86. The molecule has 0 aliphatic carbocycles. The van der Waals surface area contributed by atoms with Crippen molar-refractivity contribution in [1.29, 1.82) is 0 Å². The van der Waals surface area contributed by atoms with E-state index in [0.717, 1.165) is 22.3 Å². The first-order valence-corrected chi connectivity index (χ1v) is 8.67. The Bertz CT molecular complexity index is 980. The summed E-state index contributed by atoms with van der Waals surface area (Å²) in [7, 11) is 0. The molecule has 134 valence electrons. The maximum absolute atomic E-state index is 12.6. The van der Waals surface area contributed by atoms with Crippen molar-refractivity contribution in [3.05, 3.63) is 58.9 Å². The maximum atomic E-state index is 12.6. The van der Waals surface area contributed by atoms with E-state index in [0.29, 0.717) is 16.9 Å².